The third-order valence-corrected chi connectivity index (χ3v) is 3.87. The summed E-state index contributed by atoms with van der Waals surface area (Å²) in [5, 5.41) is 0. The zero-order chi connectivity index (χ0) is 11.2. The molecule has 0 aliphatic heterocycles. The van der Waals surface area contributed by atoms with Gasteiger partial charge in [-0.2, -0.15) is 0 Å². The average molecular weight is 220 g/mol. The van der Waals surface area contributed by atoms with Gasteiger partial charge < -0.3 is 5.73 Å². The monoisotopic (exact) mass is 220 g/mol. The molecule has 14 heavy (non-hydrogen) atoms. The third kappa shape index (κ3) is 3.77. The molecule has 0 spiro atoms. The molecular formula is C9H20N2O2S. The minimum Gasteiger partial charge on any atom is -0.329 e. The van der Waals surface area contributed by atoms with E-state index in [1.807, 2.05) is 13.8 Å². The minimum atomic E-state index is -3.27. The van der Waals surface area contributed by atoms with E-state index in [2.05, 4.69) is 11.3 Å². The largest absolute Gasteiger partial charge is 0.329 e. The minimum absolute atomic E-state index is 0.0608. The number of rotatable bonds is 7. The van der Waals surface area contributed by atoms with E-state index in [0.717, 1.165) is 0 Å². The van der Waals surface area contributed by atoms with E-state index in [4.69, 9.17) is 5.73 Å². The number of sulfonamides is 1. The standard InChI is InChI=1S/C9H20N2O2S/c1-4-7-14(12,13)11-9(5-2,6-3)8-10/h4,11H,1,5-8,10H2,2-3H3. The fraction of sp³-hybridized carbons (Fsp3) is 0.778. The van der Waals surface area contributed by atoms with Crippen molar-refractivity contribution in [2.45, 2.75) is 32.2 Å². The van der Waals surface area contributed by atoms with Gasteiger partial charge in [-0.25, -0.2) is 13.1 Å². The van der Waals surface area contributed by atoms with Gasteiger partial charge in [0.2, 0.25) is 10.0 Å². The summed E-state index contributed by atoms with van der Waals surface area (Å²) in [5.41, 5.74) is 5.08. The van der Waals surface area contributed by atoms with E-state index in [-0.39, 0.29) is 5.75 Å². The molecular weight excluding hydrogens is 200 g/mol. The number of hydrogen-bond donors (Lipinski definition) is 2. The van der Waals surface area contributed by atoms with Crippen LogP contribution in [0.15, 0.2) is 12.7 Å². The topological polar surface area (TPSA) is 72.2 Å². The molecule has 0 aromatic rings. The van der Waals surface area contributed by atoms with Gasteiger partial charge in [-0.3, -0.25) is 0 Å². The first-order valence-electron chi connectivity index (χ1n) is 4.78. The Bertz CT molecular complexity index is 260. The van der Waals surface area contributed by atoms with Crippen molar-refractivity contribution < 1.29 is 8.42 Å². The molecule has 4 nitrogen and oxygen atoms in total. The van der Waals surface area contributed by atoms with Gasteiger partial charge in [-0.05, 0) is 12.8 Å². The highest BCUT2D eigenvalue weighted by Gasteiger charge is 2.28. The molecule has 3 N–H and O–H groups in total. The van der Waals surface area contributed by atoms with Crippen molar-refractivity contribution in [3.63, 3.8) is 0 Å². The zero-order valence-corrected chi connectivity index (χ0v) is 9.73. The first-order chi connectivity index (χ1) is 6.45. The number of nitrogens with one attached hydrogen (secondary N) is 1. The summed E-state index contributed by atoms with van der Waals surface area (Å²) in [4.78, 5) is 0. The van der Waals surface area contributed by atoms with Crippen molar-refractivity contribution in [2.24, 2.45) is 5.73 Å². The van der Waals surface area contributed by atoms with Gasteiger partial charge in [0.05, 0.1) is 5.75 Å². The van der Waals surface area contributed by atoms with Gasteiger partial charge in [-0.1, -0.05) is 19.9 Å². The molecule has 0 aliphatic carbocycles. The maximum absolute atomic E-state index is 11.5. The molecule has 0 aromatic heterocycles. The molecule has 0 saturated carbocycles. The van der Waals surface area contributed by atoms with Crippen LogP contribution in [0, 0.1) is 0 Å². The average Bonchev–Trinajstić information content (AvgIpc) is 2.14. The Morgan fingerprint density at radius 3 is 2.21 bits per heavy atom. The van der Waals surface area contributed by atoms with Crippen LogP contribution in [-0.2, 0) is 10.0 Å². The SMILES string of the molecule is C=CCS(=O)(=O)NC(CC)(CC)CN. The maximum Gasteiger partial charge on any atom is 0.215 e. The molecule has 0 bridgehead atoms. The fourth-order valence-electron chi connectivity index (χ4n) is 1.25. The van der Waals surface area contributed by atoms with Crippen LogP contribution < -0.4 is 10.5 Å². The predicted octanol–water partition coefficient (Wildman–Crippen LogP) is 0.609. The normalized spacial score (nSPS) is 12.8. The summed E-state index contributed by atoms with van der Waals surface area (Å²) < 4.78 is 25.6. The molecule has 0 saturated heterocycles. The summed E-state index contributed by atoms with van der Waals surface area (Å²) >= 11 is 0. The van der Waals surface area contributed by atoms with E-state index >= 15 is 0 Å². The predicted molar refractivity (Wildman–Crippen MR) is 59.5 cm³/mol. The van der Waals surface area contributed by atoms with Crippen LogP contribution in [0.4, 0.5) is 0 Å². The van der Waals surface area contributed by atoms with E-state index in [1.54, 1.807) is 0 Å². The molecule has 0 aliphatic rings. The highest BCUT2D eigenvalue weighted by Crippen LogP contribution is 2.14. The van der Waals surface area contributed by atoms with E-state index < -0.39 is 15.6 Å². The Morgan fingerprint density at radius 1 is 1.43 bits per heavy atom. The van der Waals surface area contributed by atoms with Crippen molar-refractivity contribution >= 4 is 10.0 Å². The summed E-state index contributed by atoms with van der Waals surface area (Å²) in [6.07, 6.45) is 2.75. The Kier molecular flexibility index (Phi) is 5.33. The van der Waals surface area contributed by atoms with Crippen molar-refractivity contribution in [3.05, 3.63) is 12.7 Å². The lowest BCUT2D eigenvalue weighted by atomic mass is 9.95. The molecule has 0 unspecified atom stereocenters. The Balaban J connectivity index is 4.67. The molecule has 5 heteroatoms. The maximum atomic E-state index is 11.5. The van der Waals surface area contributed by atoms with E-state index in [9.17, 15) is 8.42 Å². The van der Waals surface area contributed by atoms with Crippen LogP contribution in [0.25, 0.3) is 0 Å². The van der Waals surface area contributed by atoms with Gasteiger partial charge in [0.15, 0.2) is 0 Å². The van der Waals surface area contributed by atoms with Crippen LogP contribution in [0.3, 0.4) is 0 Å². The molecule has 0 amide bonds. The highest BCUT2D eigenvalue weighted by atomic mass is 32.2. The van der Waals surface area contributed by atoms with Crippen LogP contribution in [0.2, 0.25) is 0 Å². The second kappa shape index (κ2) is 5.48. The fourth-order valence-corrected chi connectivity index (χ4v) is 2.68. The Morgan fingerprint density at radius 2 is 1.93 bits per heavy atom. The highest BCUT2D eigenvalue weighted by molar-refractivity contribution is 7.89. The van der Waals surface area contributed by atoms with Gasteiger partial charge in [0.1, 0.15) is 0 Å². The van der Waals surface area contributed by atoms with Gasteiger partial charge in [0, 0.05) is 12.1 Å². The van der Waals surface area contributed by atoms with Gasteiger partial charge >= 0.3 is 0 Å². The third-order valence-electron chi connectivity index (χ3n) is 2.45. The van der Waals surface area contributed by atoms with Crippen molar-refractivity contribution in [1.82, 2.24) is 4.72 Å². The summed E-state index contributed by atoms with van der Waals surface area (Å²) in [6.45, 7) is 7.57. The van der Waals surface area contributed by atoms with Crippen LogP contribution in [0.1, 0.15) is 26.7 Å². The first-order valence-corrected chi connectivity index (χ1v) is 6.43. The van der Waals surface area contributed by atoms with Crippen LogP contribution in [-0.4, -0.2) is 26.3 Å². The summed E-state index contributed by atoms with van der Waals surface area (Å²) in [7, 11) is -3.27. The van der Waals surface area contributed by atoms with Gasteiger partial charge in [0.25, 0.3) is 0 Å². The Labute approximate surface area is 86.6 Å². The van der Waals surface area contributed by atoms with Crippen molar-refractivity contribution in [3.8, 4) is 0 Å². The van der Waals surface area contributed by atoms with Crippen molar-refractivity contribution in [2.75, 3.05) is 12.3 Å². The van der Waals surface area contributed by atoms with Crippen molar-refractivity contribution in [1.29, 1.82) is 0 Å². The van der Waals surface area contributed by atoms with E-state index in [0.29, 0.717) is 19.4 Å². The number of nitrogens with two attached hydrogens (primary N) is 1. The Hall–Kier alpha value is -0.390. The molecule has 0 aromatic carbocycles. The summed E-state index contributed by atoms with van der Waals surface area (Å²) in [5.74, 6) is -0.0608. The quantitative estimate of drug-likeness (QED) is 0.617. The van der Waals surface area contributed by atoms with Crippen LogP contribution >= 0.6 is 0 Å². The van der Waals surface area contributed by atoms with Crippen LogP contribution in [0.5, 0.6) is 0 Å². The number of hydrogen-bond acceptors (Lipinski definition) is 3. The van der Waals surface area contributed by atoms with Gasteiger partial charge in [-0.15, -0.1) is 6.58 Å². The second-order valence-corrected chi connectivity index (χ2v) is 5.13. The smallest absolute Gasteiger partial charge is 0.215 e. The second-order valence-electron chi connectivity index (χ2n) is 3.36. The lowest BCUT2D eigenvalue weighted by Crippen LogP contribution is -2.53. The zero-order valence-electron chi connectivity index (χ0n) is 8.91. The lowest BCUT2D eigenvalue weighted by molar-refractivity contribution is 0.364. The lowest BCUT2D eigenvalue weighted by Gasteiger charge is -2.30. The molecule has 0 atom stereocenters. The van der Waals surface area contributed by atoms with E-state index in [1.165, 1.54) is 6.08 Å². The summed E-state index contributed by atoms with van der Waals surface area (Å²) in [6, 6.07) is 0. The molecule has 0 fully saturated rings. The molecule has 84 valence electrons. The first kappa shape index (κ1) is 13.6. The molecule has 0 radical (unpaired) electrons. The molecule has 0 rings (SSSR count). The molecule has 0 heterocycles.